The molecular formula is C15H17BrN4. The number of aromatic nitrogens is 2. The fourth-order valence-electron chi connectivity index (χ4n) is 2.15. The number of nitrogens with one attached hydrogen (secondary N) is 1. The maximum absolute atomic E-state index is 9.23. The van der Waals surface area contributed by atoms with E-state index in [1.165, 1.54) is 0 Å². The Kier molecular flexibility index (Phi) is 4.46. The van der Waals surface area contributed by atoms with Crippen LogP contribution in [0.1, 0.15) is 29.4 Å². The van der Waals surface area contributed by atoms with Crippen LogP contribution >= 0.6 is 15.9 Å². The van der Waals surface area contributed by atoms with E-state index in [-0.39, 0.29) is 0 Å². The molecule has 5 heteroatoms. The van der Waals surface area contributed by atoms with Crippen LogP contribution in [0.2, 0.25) is 0 Å². The van der Waals surface area contributed by atoms with E-state index in [1.54, 1.807) is 0 Å². The highest BCUT2D eigenvalue weighted by Gasteiger charge is 2.13. The Labute approximate surface area is 127 Å². The molecule has 1 heterocycles. The van der Waals surface area contributed by atoms with Gasteiger partial charge in [-0.1, -0.05) is 19.1 Å². The third-order valence-corrected chi connectivity index (χ3v) is 4.25. The molecule has 0 unspecified atom stereocenters. The molecule has 1 aromatic heterocycles. The summed E-state index contributed by atoms with van der Waals surface area (Å²) in [4.78, 5) is 0. The van der Waals surface area contributed by atoms with E-state index in [0.717, 1.165) is 33.5 Å². The highest BCUT2D eigenvalue weighted by atomic mass is 79.9. The molecule has 20 heavy (non-hydrogen) atoms. The predicted octanol–water partition coefficient (Wildman–Crippen LogP) is 3.54. The van der Waals surface area contributed by atoms with Gasteiger partial charge in [0.25, 0.3) is 0 Å². The van der Waals surface area contributed by atoms with Crippen LogP contribution < -0.4 is 5.32 Å². The van der Waals surface area contributed by atoms with Crippen LogP contribution in [0.15, 0.2) is 22.7 Å². The molecule has 2 rings (SSSR count). The van der Waals surface area contributed by atoms with Gasteiger partial charge in [0.05, 0.1) is 33.7 Å². The van der Waals surface area contributed by atoms with Crippen molar-refractivity contribution in [2.24, 2.45) is 7.05 Å². The number of rotatable bonds is 4. The lowest BCUT2D eigenvalue weighted by atomic mass is 10.1. The first kappa shape index (κ1) is 14.6. The molecule has 0 aliphatic rings. The van der Waals surface area contributed by atoms with Gasteiger partial charge < -0.3 is 5.32 Å². The topological polar surface area (TPSA) is 53.6 Å². The number of hydrogen-bond acceptors (Lipinski definition) is 3. The van der Waals surface area contributed by atoms with E-state index < -0.39 is 0 Å². The minimum absolute atomic E-state index is 0.627. The van der Waals surface area contributed by atoms with Crippen molar-refractivity contribution in [3.05, 3.63) is 45.2 Å². The first-order chi connectivity index (χ1) is 9.58. The zero-order chi connectivity index (χ0) is 14.7. The van der Waals surface area contributed by atoms with Gasteiger partial charge in [-0.3, -0.25) is 4.68 Å². The molecule has 0 bridgehead atoms. The fourth-order valence-corrected chi connectivity index (χ4v) is 2.91. The molecule has 0 aliphatic heterocycles. The monoisotopic (exact) mass is 332 g/mol. The molecule has 1 N–H and O–H groups in total. The number of nitriles is 1. The first-order valence-electron chi connectivity index (χ1n) is 6.52. The Morgan fingerprint density at radius 2 is 2.20 bits per heavy atom. The minimum atomic E-state index is 0.627. The van der Waals surface area contributed by atoms with Gasteiger partial charge in [-0.2, -0.15) is 10.4 Å². The highest BCUT2D eigenvalue weighted by molar-refractivity contribution is 9.10. The molecule has 1 aromatic carbocycles. The summed E-state index contributed by atoms with van der Waals surface area (Å²) in [6.45, 7) is 4.65. The van der Waals surface area contributed by atoms with Crippen LogP contribution in [0.5, 0.6) is 0 Å². The lowest BCUT2D eigenvalue weighted by Crippen LogP contribution is -2.07. The number of aryl methyl sites for hydroxylation is 3. The molecule has 2 aromatic rings. The zero-order valence-corrected chi connectivity index (χ0v) is 13.5. The van der Waals surface area contributed by atoms with Gasteiger partial charge in [0.15, 0.2) is 0 Å². The van der Waals surface area contributed by atoms with Crippen molar-refractivity contribution in [3.8, 4) is 6.07 Å². The van der Waals surface area contributed by atoms with Gasteiger partial charge in [-0.05, 0) is 40.9 Å². The second-order valence-electron chi connectivity index (χ2n) is 4.65. The van der Waals surface area contributed by atoms with E-state index in [4.69, 9.17) is 0 Å². The lowest BCUT2D eigenvalue weighted by molar-refractivity contribution is 0.706. The molecule has 4 nitrogen and oxygen atoms in total. The molecule has 104 valence electrons. The van der Waals surface area contributed by atoms with E-state index in [1.807, 2.05) is 36.9 Å². The Bertz CT molecular complexity index is 667. The van der Waals surface area contributed by atoms with Crippen LogP contribution in [-0.4, -0.2) is 9.78 Å². The second kappa shape index (κ2) is 6.10. The van der Waals surface area contributed by atoms with Crippen molar-refractivity contribution in [1.82, 2.24) is 9.78 Å². The van der Waals surface area contributed by atoms with Crippen molar-refractivity contribution in [2.45, 2.75) is 26.8 Å². The molecule has 0 saturated carbocycles. The third kappa shape index (κ3) is 2.70. The number of anilines is 1. The molecule has 0 aliphatic carbocycles. The largest absolute Gasteiger partial charge is 0.378 e. The maximum atomic E-state index is 9.23. The van der Waals surface area contributed by atoms with Gasteiger partial charge in [0, 0.05) is 7.05 Å². The van der Waals surface area contributed by atoms with E-state index in [0.29, 0.717) is 12.1 Å². The van der Waals surface area contributed by atoms with E-state index in [2.05, 4.69) is 39.3 Å². The zero-order valence-electron chi connectivity index (χ0n) is 11.9. The predicted molar refractivity (Wildman–Crippen MR) is 83.5 cm³/mol. The average Bonchev–Trinajstić information content (AvgIpc) is 2.71. The summed E-state index contributed by atoms with van der Waals surface area (Å²) in [6.07, 6.45) is 0.891. The van der Waals surface area contributed by atoms with Crippen molar-refractivity contribution in [2.75, 3.05) is 5.32 Å². The molecule has 0 amide bonds. The summed E-state index contributed by atoms with van der Waals surface area (Å²) in [5.74, 6) is 0. The number of nitrogens with zero attached hydrogens (tertiary/aromatic N) is 3. The van der Waals surface area contributed by atoms with E-state index >= 15 is 0 Å². The van der Waals surface area contributed by atoms with Gasteiger partial charge in [0.2, 0.25) is 0 Å². The normalized spacial score (nSPS) is 10.3. The molecule has 0 fully saturated rings. The summed E-state index contributed by atoms with van der Waals surface area (Å²) in [7, 11) is 1.93. The standard InChI is InChI=1S/C15H17BrN4/c1-4-12-15(16)14(20(3)19-12)9-18-13-7-5-6-10(2)11(13)8-17/h5-7,18H,4,9H2,1-3H3. The second-order valence-corrected chi connectivity index (χ2v) is 5.44. The SMILES string of the molecule is CCc1nn(C)c(CNc2cccc(C)c2C#N)c1Br. The van der Waals surface area contributed by atoms with Gasteiger partial charge in [-0.15, -0.1) is 0 Å². The minimum Gasteiger partial charge on any atom is -0.378 e. The Morgan fingerprint density at radius 3 is 2.80 bits per heavy atom. The summed E-state index contributed by atoms with van der Waals surface area (Å²) in [5, 5.41) is 17.0. The quantitative estimate of drug-likeness (QED) is 0.931. The summed E-state index contributed by atoms with van der Waals surface area (Å²) in [6, 6.07) is 8.07. The number of benzene rings is 1. The number of halogens is 1. The summed E-state index contributed by atoms with van der Waals surface area (Å²) in [5.41, 5.74) is 4.66. The van der Waals surface area contributed by atoms with E-state index in [9.17, 15) is 5.26 Å². The Balaban J connectivity index is 2.24. The van der Waals surface area contributed by atoms with Crippen molar-refractivity contribution < 1.29 is 0 Å². The molecular weight excluding hydrogens is 316 g/mol. The molecule has 0 spiro atoms. The lowest BCUT2D eigenvalue weighted by Gasteiger charge is -2.10. The summed E-state index contributed by atoms with van der Waals surface area (Å²) >= 11 is 3.60. The summed E-state index contributed by atoms with van der Waals surface area (Å²) < 4.78 is 2.92. The molecule has 0 radical (unpaired) electrons. The van der Waals surface area contributed by atoms with Crippen LogP contribution in [-0.2, 0) is 20.0 Å². The first-order valence-corrected chi connectivity index (χ1v) is 7.31. The number of hydrogen-bond donors (Lipinski definition) is 1. The highest BCUT2D eigenvalue weighted by Crippen LogP contribution is 2.24. The van der Waals surface area contributed by atoms with Crippen LogP contribution in [0.4, 0.5) is 5.69 Å². The Hall–Kier alpha value is -1.80. The van der Waals surface area contributed by atoms with Gasteiger partial charge in [0.1, 0.15) is 6.07 Å². The van der Waals surface area contributed by atoms with Gasteiger partial charge in [-0.25, -0.2) is 0 Å². The van der Waals surface area contributed by atoms with Crippen molar-refractivity contribution in [3.63, 3.8) is 0 Å². The van der Waals surface area contributed by atoms with Crippen LogP contribution in [0.3, 0.4) is 0 Å². The van der Waals surface area contributed by atoms with Crippen molar-refractivity contribution >= 4 is 21.6 Å². The Morgan fingerprint density at radius 1 is 1.45 bits per heavy atom. The fraction of sp³-hybridized carbons (Fsp3) is 0.333. The molecule has 0 atom stereocenters. The van der Waals surface area contributed by atoms with Crippen molar-refractivity contribution in [1.29, 1.82) is 5.26 Å². The smallest absolute Gasteiger partial charge is 0.102 e. The molecule has 0 saturated heterocycles. The van der Waals surface area contributed by atoms with Gasteiger partial charge >= 0.3 is 0 Å². The van der Waals surface area contributed by atoms with Crippen LogP contribution in [0.25, 0.3) is 0 Å². The van der Waals surface area contributed by atoms with Crippen LogP contribution in [0, 0.1) is 18.3 Å². The third-order valence-electron chi connectivity index (χ3n) is 3.33. The maximum Gasteiger partial charge on any atom is 0.102 e. The average molecular weight is 333 g/mol.